The third-order valence-electron chi connectivity index (χ3n) is 3.18. The molecule has 1 N–H and O–H groups in total. The van der Waals surface area contributed by atoms with Crippen molar-refractivity contribution in [3.8, 4) is 0 Å². The molecule has 0 saturated heterocycles. The van der Waals surface area contributed by atoms with Crippen molar-refractivity contribution in [2.45, 2.75) is 78.6 Å². The summed E-state index contributed by atoms with van der Waals surface area (Å²) < 4.78 is 0. The number of nitrogens with zero attached hydrogens (tertiary/aromatic N) is 1. The van der Waals surface area contributed by atoms with E-state index in [2.05, 4.69) is 31.2 Å². The van der Waals surface area contributed by atoms with Gasteiger partial charge in [0.15, 0.2) is 0 Å². The Labute approximate surface area is 109 Å². The number of hydrogen-bond acceptors (Lipinski definition) is 2. The predicted octanol–water partition coefficient (Wildman–Crippen LogP) is 4.36. The number of hydrogen-bond donors (Lipinski definition) is 1. The quantitative estimate of drug-likeness (QED) is 0.381. The Morgan fingerprint density at radius 1 is 0.647 bits per heavy atom. The fourth-order valence-electron chi connectivity index (χ4n) is 1.99. The van der Waals surface area contributed by atoms with Crippen molar-refractivity contribution in [2.75, 3.05) is 19.6 Å². The second-order valence-electron chi connectivity index (χ2n) is 5.02. The summed E-state index contributed by atoms with van der Waals surface area (Å²) in [5.41, 5.74) is 3.61. The zero-order valence-electron chi connectivity index (χ0n) is 12.4. The molecule has 0 heterocycles. The maximum atomic E-state index is 3.61. The van der Waals surface area contributed by atoms with Crippen LogP contribution in [0.4, 0.5) is 0 Å². The summed E-state index contributed by atoms with van der Waals surface area (Å²) in [4.78, 5) is 0. The lowest BCUT2D eigenvalue weighted by molar-refractivity contribution is 0.178. The maximum Gasteiger partial charge on any atom is 0.0130 e. The summed E-state index contributed by atoms with van der Waals surface area (Å²) >= 11 is 0. The number of rotatable bonds is 13. The highest BCUT2D eigenvalue weighted by Crippen LogP contribution is 2.01. The van der Waals surface area contributed by atoms with Crippen LogP contribution < -0.4 is 5.43 Å². The third-order valence-corrected chi connectivity index (χ3v) is 3.18. The normalized spacial score (nSPS) is 11.3. The first kappa shape index (κ1) is 16.9. The van der Waals surface area contributed by atoms with Gasteiger partial charge in [0.1, 0.15) is 0 Å². The summed E-state index contributed by atoms with van der Waals surface area (Å²) in [6.45, 7) is 10.4. The Morgan fingerprint density at radius 2 is 1.12 bits per heavy atom. The molecule has 0 saturated carbocycles. The van der Waals surface area contributed by atoms with Crippen LogP contribution in [0.25, 0.3) is 0 Å². The Hall–Kier alpha value is -0.0800. The average Bonchev–Trinajstić information content (AvgIpc) is 2.34. The largest absolute Gasteiger partial charge is 0.255 e. The summed E-state index contributed by atoms with van der Waals surface area (Å²) in [5.74, 6) is 0. The lowest BCUT2D eigenvalue weighted by atomic mass is 10.2. The fourth-order valence-corrected chi connectivity index (χ4v) is 1.99. The van der Waals surface area contributed by atoms with Crippen LogP contribution in [0.1, 0.15) is 78.6 Å². The van der Waals surface area contributed by atoms with Crippen molar-refractivity contribution in [2.24, 2.45) is 0 Å². The average molecular weight is 242 g/mol. The molecule has 0 aliphatic rings. The van der Waals surface area contributed by atoms with Gasteiger partial charge >= 0.3 is 0 Å². The van der Waals surface area contributed by atoms with Crippen molar-refractivity contribution >= 4 is 0 Å². The Kier molecular flexibility index (Phi) is 13.9. The van der Waals surface area contributed by atoms with Gasteiger partial charge in [-0.15, -0.1) is 0 Å². The van der Waals surface area contributed by atoms with Gasteiger partial charge in [-0.25, -0.2) is 5.01 Å². The van der Waals surface area contributed by atoms with Crippen LogP contribution in [0.3, 0.4) is 0 Å². The van der Waals surface area contributed by atoms with Gasteiger partial charge in [0.25, 0.3) is 0 Å². The molecule has 0 unspecified atom stereocenters. The molecule has 0 spiro atoms. The third kappa shape index (κ3) is 12.2. The molecule has 0 aromatic rings. The van der Waals surface area contributed by atoms with E-state index in [-0.39, 0.29) is 0 Å². The van der Waals surface area contributed by atoms with E-state index >= 15 is 0 Å². The second kappa shape index (κ2) is 14.0. The first-order chi connectivity index (χ1) is 8.35. The molecular formula is C15H34N2. The molecule has 0 radical (unpaired) electrons. The topological polar surface area (TPSA) is 15.3 Å². The van der Waals surface area contributed by atoms with Crippen LogP contribution >= 0.6 is 0 Å². The van der Waals surface area contributed by atoms with E-state index in [0.717, 1.165) is 6.54 Å². The van der Waals surface area contributed by atoms with Crippen LogP contribution in [0, 0.1) is 0 Å². The molecule has 0 aromatic carbocycles. The van der Waals surface area contributed by atoms with E-state index in [0.29, 0.717) is 0 Å². The van der Waals surface area contributed by atoms with Crippen molar-refractivity contribution in [1.29, 1.82) is 0 Å². The SMILES string of the molecule is CCCCCNN(CCCCC)CCCCC. The highest BCUT2D eigenvalue weighted by atomic mass is 15.5. The molecule has 2 heteroatoms. The second-order valence-corrected chi connectivity index (χ2v) is 5.02. The monoisotopic (exact) mass is 242 g/mol. The lowest BCUT2D eigenvalue weighted by Crippen LogP contribution is -2.40. The van der Waals surface area contributed by atoms with E-state index in [9.17, 15) is 0 Å². The first-order valence-corrected chi connectivity index (χ1v) is 7.83. The molecule has 0 aromatic heterocycles. The summed E-state index contributed by atoms with van der Waals surface area (Å²) in [7, 11) is 0. The fraction of sp³-hybridized carbons (Fsp3) is 1.00. The Morgan fingerprint density at radius 3 is 1.59 bits per heavy atom. The predicted molar refractivity (Wildman–Crippen MR) is 78.2 cm³/mol. The van der Waals surface area contributed by atoms with Gasteiger partial charge in [-0.1, -0.05) is 59.3 Å². The summed E-state index contributed by atoms with van der Waals surface area (Å²) in [6, 6.07) is 0. The Balaban J connectivity index is 3.60. The first-order valence-electron chi connectivity index (χ1n) is 7.83. The minimum Gasteiger partial charge on any atom is -0.255 e. The Bertz CT molecular complexity index is 127. The minimum atomic E-state index is 1.16. The van der Waals surface area contributed by atoms with Crippen LogP contribution in [0.15, 0.2) is 0 Å². The highest BCUT2D eigenvalue weighted by Gasteiger charge is 2.02. The molecule has 0 fully saturated rings. The van der Waals surface area contributed by atoms with Gasteiger partial charge in [-0.05, 0) is 19.3 Å². The lowest BCUT2D eigenvalue weighted by Gasteiger charge is -2.23. The van der Waals surface area contributed by atoms with Gasteiger partial charge in [0, 0.05) is 19.6 Å². The van der Waals surface area contributed by atoms with Gasteiger partial charge in [0.2, 0.25) is 0 Å². The van der Waals surface area contributed by atoms with E-state index < -0.39 is 0 Å². The number of hydrazine groups is 1. The van der Waals surface area contributed by atoms with Gasteiger partial charge in [-0.2, -0.15) is 0 Å². The summed E-state index contributed by atoms with van der Waals surface area (Å²) in [5, 5.41) is 2.46. The molecule has 104 valence electrons. The van der Waals surface area contributed by atoms with E-state index in [1.165, 1.54) is 70.9 Å². The van der Waals surface area contributed by atoms with E-state index in [1.807, 2.05) is 0 Å². The van der Waals surface area contributed by atoms with Crippen molar-refractivity contribution in [1.82, 2.24) is 10.4 Å². The van der Waals surface area contributed by atoms with Gasteiger partial charge < -0.3 is 0 Å². The zero-order valence-corrected chi connectivity index (χ0v) is 12.4. The van der Waals surface area contributed by atoms with Crippen molar-refractivity contribution < 1.29 is 0 Å². The van der Waals surface area contributed by atoms with E-state index in [4.69, 9.17) is 0 Å². The number of nitrogens with one attached hydrogen (secondary N) is 1. The number of unbranched alkanes of at least 4 members (excludes halogenated alkanes) is 6. The van der Waals surface area contributed by atoms with Crippen molar-refractivity contribution in [3.63, 3.8) is 0 Å². The molecule has 0 aliphatic heterocycles. The van der Waals surface area contributed by atoms with Crippen LogP contribution in [0.5, 0.6) is 0 Å². The molecule has 0 atom stereocenters. The standard InChI is InChI=1S/C15H34N2/c1-4-7-10-13-16-17(14-11-8-5-2)15-12-9-6-3/h16H,4-15H2,1-3H3. The zero-order chi connectivity index (χ0) is 12.8. The minimum absolute atomic E-state index is 1.16. The molecule has 0 bridgehead atoms. The molecule has 17 heavy (non-hydrogen) atoms. The molecule has 0 amide bonds. The van der Waals surface area contributed by atoms with Crippen LogP contribution in [-0.4, -0.2) is 24.6 Å². The molecular weight excluding hydrogens is 208 g/mol. The van der Waals surface area contributed by atoms with Gasteiger partial charge in [-0.3, -0.25) is 5.43 Å². The van der Waals surface area contributed by atoms with Crippen LogP contribution in [0.2, 0.25) is 0 Å². The van der Waals surface area contributed by atoms with E-state index in [1.54, 1.807) is 0 Å². The molecule has 0 rings (SSSR count). The molecule has 2 nitrogen and oxygen atoms in total. The van der Waals surface area contributed by atoms with Crippen molar-refractivity contribution in [3.05, 3.63) is 0 Å². The summed E-state index contributed by atoms with van der Waals surface area (Å²) in [6.07, 6.45) is 12.0. The highest BCUT2D eigenvalue weighted by molar-refractivity contribution is 4.54. The maximum absolute atomic E-state index is 3.61. The molecule has 0 aliphatic carbocycles. The van der Waals surface area contributed by atoms with Gasteiger partial charge in [0.05, 0.1) is 0 Å². The smallest absolute Gasteiger partial charge is 0.0130 e. The van der Waals surface area contributed by atoms with Crippen LogP contribution in [-0.2, 0) is 0 Å².